The predicted octanol–water partition coefficient (Wildman–Crippen LogP) is 2.75. The summed E-state index contributed by atoms with van der Waals surface area (Å²) in [6.07, 6.45) is 1.20. The maximum absolute atomic E-state index is 12.8. The van der Waals surface area contributed by atoms with Crippen LogP contribution in [0.3, 0.4) is 0 Å². The summed E-state index contributed by atoms with van der Waals surface area (Å²) in [6.45, 7) is 1.94. The predicted molar refractivity (Wildman–Crippen MR) is 76.1 cm³/mol. The van der Waals surface area contributed by atoms with Gasteiger partial charge in [0.1, 0.15) is 5.82 Å². The van der Waals surface area contributed by atoms with Crippen molar-refractivity contribution in [2.75, 3.05) is 12.4 Å². The third-order valence-corrected chi connectivity index (χ3v) is 2.95. The zero-order chi connectivity index (χ0) is 14.5. The van der Waals surface area contributed by atoms with Crippen LogP contribution in [0.25, 0.3) is 0 Å². The van der Waals surface area contributed by atoms with E-state index in [1.807, 2.05) is 19.1 Å². The maximum atomic E-state index is 12.8. The minimum atomic E-state index is -0.351. The van der Waals surface area contributed by atoms with E-state index >= 15 is 0 Å². The van der Waals surface area contributed by atoms with Crippen molar-refractivity contribution in [3.05, 3.63) is 59.7 Å². The molecule has 1 unspecified atom stereocenters. The molecule has 2 N–H and O–H groups in total. The quantitative estimate of drug-likeness (QED) is 0.900. The average molecular weight is 273 g/mol. The van der Waals surface area contributed by atoms with Gasteiger partial charge in [-0.3, -0.25) is 9.78 Å². The fraction of sp³-hybridized carbons (Fsp3) is 0.200. The van der Waals surface area contributed by atoms with Gasteiger partial charge in [0.15, 0.2) is 0 Å². The summed E-state index contributed by atoms with van der Waals surface area (Å²) in [5, 5.41) is 5.81. The molecular formula is C15H16FN3O. The summed E-state index contributed by atoms with van der Waals surface area (Å²) >= 11 is 0. The summed E-state index contributed by atoms with van der Waals surface area (Å²) < 4.78 is 12.8. The number of hydrogen-bond donors (Lipinski definition) is 2. The number of carbonyl (C=O) groups excluding carboxylic acids is 1. The lowest BCUT2D eigenvalue weighted by atomic mass is 10.1. The van der Waals surface area contributed by atoms with E-state index in [2.05, 4.69) is 15.6 Å². The second-order valence-corrected chi connectivity index (χ2v) is 4.42. The van der Waals surface area contributed by atoms with Crippen LogP contribution in [-0.2, 0) is 0 Å². The van der Waals surface area contributed by atoms with Crippen LogP contribution in [0, 0.1) is 5.82 Å². The second kappa shape index (κ2) is 6.14. The van der Waals surface area contributed by atoms with E-state index in [1.54, 1.807) is 25.2 Å². The van der Waals surface area contributed by atoms with E-state index < -0.39 is 0 Å². The molecule has 20 heavy (non-hydrogen) atoms. The van der Waals surface area contributed by atoms with Gasteiger partial charge in [0, 0.05) is 18.3 Å². The SMILES string of the molecule is CNC(=O)c1ccc(NC(C)c2ccc(F)cn2)cc1. The summed E-state index contributed by atoms with van der Waals surface area (Å²) in [5.41, 5.74) is 2.23. The number of nitrogens with zero attached hydrogens (tertiary/aromatic N) is 1. The van der Waals surface area contributed by atoms with Gasteiger partial charge in [0.25, 0.3) is 5.91 Å². The first kappa shape index (κ1) is 14.0. The molecule has 0 spiro atoms. The average Bonchev–Trinajstić information content (AvgIpc) is 2.48. The van der Waals surface area contributed by atoms with Crippen molar-refractivity contribution in [3.8, 4) is 0 Å². The molecule has 0 radical (unpaired) electrons. The first-order valence-corrected chi connectivity index (χ1v) is 6.30. The lowest BCUT2D eigenvalue weighted by Gasteiger charge is -2.15. The van der Waals surface area contributed by atoms with Gasteiger partial charge in [-0.2, -0.15) is 0 Å². The smallest absolute Gasteiger partial charge is 0.251 e. The molecule has 0 aliphatic carbocycles. The third kappa shape index (κ3) is 3.32. The van der Waals surface area contributed by atoms with Gasteiger partial charge in [-0.05, 0) is 43.3 Å². The van der Waals surface area contributed by atoms with Crippen LogP contribution in [-0.4, -0.2) is 17.9 Å². The Hall–Kier alpha value is -2.43. The molecule has 0 aliphatic rings. The number of halogens is 1. The molecular weight excluding hydrogens is 257 g/mol. The molecule has 4 nitrogen and oxygen atoms in total. The van der Waals surface area contributed by atoms with Gasteiger partial charge < -0.3 is 10.6 Å². The molecule has 0 bridgehead atoms. The molecule has 1 amide bonds. The first-order valence-electron chi connectivity index (χ1n) is 6.30. The van der Waals surface area contributed by atoms with Crippen LogP contribution in [0.1, 0.15) is 29.0 Å². The second-order valence-electron chi connectivity index (χ2n) is 4.42. The van der Waals surface area contributed by atoms with E-state index in [0.29, 0.717) is 5.56 Å². The number of aromatic nitrogens is 1. The molecule has 104 valence electrons. The van der Waals surface area contributed by atoms with Crippen molar-refractivity contribution in [2.45, 2.75) is 13.0 Å². The molecule has 1 aromatic heterocycles. The third-order valence-electron chi connectivity index (χ3n) is 2.95. The lowest BCUT2D eigenvalue weighted by molar-refractivity contribution is 0.0963. The van der Waals surface area contributed by atoms with Gasteiger partial charge in [-0.1, -0.05) is 0 Å². The molecule has 1 atom stereocenters. The highest BCUT2D eigenvalue weighted by Gasteiger charge is 2.08. The molecule has 0 saturated heterocycles. The van der Waals surface area contributed by atoms with Crippen molar-refractivity contribution < 1.29 is 9.18 Å². The standard InChI is InChI=1S/C15H16FN3O/c1-10(14-8-5-12(16)9-18-14)19-13-6-3-11(4-7-13)15(20)17-2/h3-10,19H,1-2H3,(H,17,20). The van der Waals surface area contributed by atoms with Crippen LogP contribution in [0.4, 0.5) is 10.1 Å². The number of pyridine rings is 1. The molecule has 1 heterocycles. The van der Waals surface area contributed by atoms with Gasteiger partial charge in [0.2, 0.25) is 0 Å². The fourth-order valence-electron chi connectivity index (χ4n) is 1.83. The fourth-order valence-corrected chi connectivity index (χ4v) is 1.83. The van der Waals surface area contributed by atoms with Gasteiger partial charge in [-0.15, -0.1) is 0 Å². The van der Waals surface area contributed by atoms with Crippen LogP contribution < -0.4 is 10.6 Å². The summed E-state index contributed by atoms with van der Waals surface area (Å²) in [4.78, 5) is 15.5. The number of amides is 1. The Morgan fingerprint density at radius 3 is 2.45 bits per heavy atom. The molecule has 0 saturated carbocycles. The monoisotopic (exact) mass is 273 g/mol. The van der Waals surface area contributed by atoms with E-state index in [4.69, 9.17) is 0 Å². The van der Waals surface area contributed by atoms with E-state index in [1.165, 1.54) is 12.3 Å². The van der Waals surface area contributed by atoms with Gasteiger partial charge >= 0.3 is 0 Å². The minimum absolute atomic E-state index is 0.0542. The molecule has 2 rings (SSSR count). The summed E-state index contributed by atoms with van der Waals surface area (Å²) in [7, 11) is 1.59. The van der Waals surface area contributed by atoms with Crippen LogP contribution >= 0.6 is 0 Å². The van der Waals surface area contributed by atoms with Crippen molar-refractivity contribution in [1.82, 2.24) is 10.3 Å². The Balaban J connectivity index is 2.06. The Labute approximate surface area is 117 Å². The number of rotatable bonds is 4. The molecule has 5 heteroatoms. The summed E-state index contributed by atoms with van der Waals surface area (Å²) in [5.74, 6) is -0.472. The normalized spacial score (nSPS) is 11.8. The molecule has 0 aliphatic heterocycles. The van der Waals surface area contributed by atoms with Gasteiger partial charge in [-0.25, -0.2) is 4.39 Å². The zero-order valence-corrected chi connectivity index (χ0v) is 11.4. The van der Waals surface area contributed by atoms with Crippen molar-refractivity contribution in [3.63, 3.8) is 0 Å². The molecule has 0 fully saturated rings. The van der Waals surface area contributed by atoms with E-state index in [-0.39, 0.29) is 17.8 Å². The van der Waals surface area contributed by atoms with E-state index in [9.17, 15) is 9.18 Å². The highest BCUT2D eigenvalue weighted by Crippen LogP contribution is 2.18. The van der Waals surface area contributed by atoms with Crippen LogP contribution in [0.15, 0.2) is 42.6 Å². The van der Waals surface area contributed by atoms with E-state index in [0.717, 1.165) is 11.4 Å². The van der Waals surface area contributed by atoms with Crippen molar-refractivity contribution >= 4 is 11.6 Å². The van der Waals surface area contributed by atoms with Gasteiger partial charge in [0.05, 0.1) is 17.9 Å². The zero-order valence-electron chi connectivity index (χ0n) is 11.4. The summed E-state index contributed by atoms with van der Waals surface area (Å²) in [6, 6.07) is 10.1. The van der Waals surface area contributed by atoms with Crippen LogP contribution in [0.2, 0.25) is 0 Å². The highest BCUT2D eigenvalue weighted by molar-refractivity contribution is 5.94. The van der Waals surface area contributed by atoms with Crippen molar-refractivity contribution in [2.24, 2.45) is 0 Å². The number of hydrogen-bond acceptors (Lipinski definition) is 3. The lowest BCUT2D eigenvalue weighted by Crippen LogP contribution is -2.17. The Bertz CT molecular complexity index is 581. The molecule has 2 aromatic rings. The minimum Gasteiger partial charge on any atom is -0.377 e. The number of carbonyl (C=O) groups is 1. The Kier molecular flexibility index (Phi) is 4.30. The molecule has 1 aromatic carbocycles. The largest absolute Gasteiger partial charge is 0.377 e. The first-order chi connectivity index (χ1) is 9.60. The van der Waals surface area contributed by atoms with Crippen LogP contribution in [0.5, 0.6) is 0 Å². The maximum Gasteiger partial charge on any atom is 0.251 e. The Morgan fingerprint density at radius 2 is 1.90 bits per heavy atom. The number of benzene rings is 1. The number of nitrogens with one attached hydrogen (secondary N) is 2. The van der Waals surface area contributed by atoms with Crippen molar-refractivity contribution in [1.29, 1.82) is 0 Å². The number of anilines is 1. The highest BCUT2D eigenvalue weighted by atomic mass is 19.1. The Morgan fingerprint density at radius 1 is 1.20 bits per heavy atom. The topological polar surface area (TPSA) is 54.0 Å².